The summed E-state index contributed by atoms with van der Waals surface area (Å²) in [5, 5.41) is 22.7. The van der Waals surface area contributed by atoms with Crippen LogP contribution >= 0.6 is 23.2 Å². The highest BCUT2D eigenvalue weighted by molar-refractivity contribution is 6.43. The van der Waals surface area contributed by atoms with Crippen molar-refractivity contribution < 1.29 is 9.90 Å². The Morgan fingerprint density at radius 3 is 2.78 bits per heavy atom. The number of nitrogens with one attached hydrogen (secondary N) is 1. The lowest BCUT2D eigenvalue weighted by Crippen LogP contribution is -2.41. The number of hydrazone groups is 1. The summed E-state index contributed by atoms with van der Waals surface area (Å²) >= 11 is 11.7. The number of aliphatic carboxylic acids is 1. The molecule has 0 aliphatic heterocycles. The zero-order valence-corrected chi connectivity index (χ0v) is 10.6. The van der Waals surface area contributed by atoms with E-state index < -0.39 is 18.5 Å². The van der Waals surface area contributed by atoms with Crippen molar-refractivity contribution in [3.8, 4) is 0 Å². The summed E-state index contributed by atoms with van der Waals surface area (Å²) in [6.07, 6.45) is 1.26. The van der Waals surface area contributed by atoms with Gasteiger partial charge in [-0.3, -0.25) is 5.41 Å². The van der Waals surface area contributed by atoms with Gasteiger partial charge in [-0.15, -0.1) is 0 Å². The third-order valence-electron chi connectivity index (χ3n) is 1.87. The van der Waals surface area contributed by atoms with E-state index >= 15 is 0 Å². The first-order valence-corrected chi connectivity index (χ1v) is 5.47. The molecule has 0 unspecified atom stereocenters. The fraction of sp³-hybridized carbons (Fsp3) is 0.100. The predicted molar refractivity (Wildman–Crippen MR) is 67.7 cm³/mol. The van der Waals surface area contributed by atoms with Gasteiger partial charge in [0, 0.05) is 5.56 Å². The number of hydrogen-bond donors (Lipinski definition) is 2. The van der Waals surface area contributed by atoms with Crippen molar-refractivity contribution in [1.29, 1.82) is 5.41 Å². The monoisotopic (exact) mass is 287 g/mol. The van der Waals surface area contributed by atoms with Gasteiger partial charge in [-0.05, 0) is 6.07 Å². The van der Waals surface area contributed by atoms with Gasteiger partial charge in [0.2, 0.25) is 5.96 Å². The molecule has 0 saturated carbocycles. The number of carbonyl (C=O) groups excluding carboxylic acids is 1. The van der Waals surface area contributed by atoms with Gasteiger partial charge >= 0.3 is 0 Å². The quantitative estimate of drug-likeness (QED) is 0.471. The lowest BCUT2D eigenvalue weighted by Gasteiger charge is -2.16. The zero-order chi connectivity index (χ0) is 13.7. The molecule has 1 rings (SSSR count). The van der Waals surface area contributed by atoms with E-state index in [0.717, 1.165) is 5.01 Å². The van der Waals surface area contributed by atoms with E-state index in [0.29, 0.717) is 10.6 Å². The zero-order valence-electron chi connectivity index (χ0n) is 9.06. The van der Waals surface area contributed by atoms with Crippen LogP contribution in [0.4, 0.5) is 0 Å². The van der Waals surface area contributed by atoms with Gasteiger partial charge in [0.15, 0.2) is 0 Å². The number of hydrogen-bond acceptors (Lipinski definition) is 4. The van der Waals surface area contributed by atoms with Gasteiger partial charge in [0.05, 0.1) is 28.8 Å². The number of halogens is 2. The van der Waals surface area contributed by atoms with Crippen LogP contribution in [0, 0.1) is 5.41 Å². The number of carboxylic acid groups (broad SMARTS) is 1. The van der Waals surface area contributed by atoms with Crippen LogP contribution in [0.3, 0.4) is 0 Å². The molecule has 0 radical (unpaired) electrons. The van der Waals surface area contributed by atoms with E-state index in [4.69, 9.17) is 34.3 Å². The molecule has 0 fully saturated rings. The van der Waals surface area contributed by atoms with E-state index in [1.807, 2.05) is 0 Å². The Bertz CT molecular complexity index is 505. The highest BCUT2D eigenvalue weighted by Crippen LogP contribution is 2.24. The lowest BCUT2D eigenvalue weighted by atomic mass is 10.2. The molecule has 0 bridgehead atoms. The van der Waals surface area contributed by atoms with Crippen molar-refractivity contribution in [2.75, 3.05) is 6.54 Å². The second-order valence-corrected chi connectivity index (χ2v) is 3.99. The third-order valence-corrected chi connectivity index (χ3v) is 2.71. The Labute approximate surface area is 113 Å². The van der Waals surface area contributed by atoms with Crippen molar-refractivity contribution >= 4 is 41.3 Å². The molecular formula is C10H9Cl2N4O2-. The Hall–Kier alpha value is -1.79. The third kappa shape index (κ3) is 3.90. The fourth-order valence-corrected chi connectivity index (χ4v) is 1.42. The average molecular weight is 288 g/mol. The molecule has 8 heteroatoms. The second-order valence-electron chi connectivity index (χ2n) is 3.20. The molecule has 18 heavy (non-hydrogen) atoms. The second kappa shape index (κ2) is 6.23. The summed E-state index contributed by atoms with van der Waals surface area (Å²) in [4.78, 5) is 10.4. The number of guanidine groups is 1. The van der Waals surface area contributed by atoms with Crippen LogP contribution in [0.1, 0.15) is 5.56 Å². The summed E-state index contributed by atoms with van der Waals surface area (Å²) in [6, 6.07) is 4.90. The highest BCUT2D eigenvalue weighted by Gasteiger charge is 2.06. The molecule has 0 spiro atoms. The predicted octanol–water partition coefficient (Wildman–Crippen LogP) is 0.273. The maximum atomic E-state index is 10.4. The minimum atomic E-state index is -1.40. The van der Waals surface area contributed by atoms with Crippen molar-refractivity contribution in [2.24, 2.45) is 10.8 Å². The Morgan fingerprint density at radius 2 is 2.22 bits per heavy atom. The minimum absolute atomic E-state index is 0.278. The van der Waals surface area contributed by atoms with Crippen LogP contribution in [0.2, 0.25) is 10.0 Å². The highest BCUT2D eigenvalue weighted by atomic mass is 35.5. The van der Waals surface area contributed by atoms with Crippen LogP contribution in [-0.4, -0.2) is 29.7 Å². The van der Waals surface area contributed by atoms with Gasteiger partial charge < -0.3 is 15.6 Å². The summed E-state index contributed by atoms with van der Waals surface area (Å²) in [5.74, 6) is -1.92. The van der Waals surface area contributed by atoms with Gasteiger partial charge in [-0.1, -0.05) is 35.3 Å². The summed E-state index contributed by atoms with van der Waals surface area (Å²) in [6.45, 7) is -0.621. The molecule has 0 atom stereocenters. The standard InChI is InChI=1S/C10H10Cl2N4O2/c11-7-3-1-2-6(9(7)12)4-15-16(10(13)14)5-8(17)18/h1-4H,5H2,(H3,13,14)(H,17,18)/p-1/b15-4-. The summed E-state index contributed by atoms with van der Waals surface area (Å²) in [5.41, 5.74) is 5.64. The number of carboxylic acids is 1. The molecular weight excluding hydrogens is 279 g/mol. The normalized spacial score (nSPS) is 10.6. The number of nitrogens with zero attached hydrogens (tertiary/aromatic N) is 2. The van der Waals surface area contributed by atoms with E-state index in [1.165, 1.54) is 6.21 Å². The van der Waals surface area contributed by atoms with Crippen LogP contribution in [0.25, 0.3) is 0 Å². The first-order chi connectivity index (χ1) is 8.41. The molecule has 3 N–H and O–H groups in total. The first-order valence-electron chi connectivity index (χ1n) is 4.71. The molecule has 96 valence electrons. The topological polar surface area (TPSA) is 106 Å². The Balaban J connectivity index is 2.92. The maximum Gasteiger partial charge on any atom is 0.209 e. The van der Waals surface area contributed by atoms with Crippen molar-refractivity contribution in [3.05, 3.63) is 33.8 Å². The molecule has 0 heterocycles. The minimum Gasteiger partial charge on any atom is -0.548 e. The molecule has 0 amide bonds. The molecule has 0 aliphatic rings. The number of carbonyl (C=O) groups is 1. The molecule has 0 aliphatic carbocycles. The number of benzene rings is 1. The largest absolute Gasteiger partial charge is 0.548 e. The SMILES string of the molecule is N=C(N)N(CC(=O)[O-])/N=C\c1cccc(Cl)c1Cl. The lowest BCUT2D eigenvalue weighted by molar-refractivity contribution is -0.305. The molecule has 1 aromatic rings. The number of rotatable bonds is 4. The molecule has 1 aromatic carbocycles. The fourth-order valence-electron chi connectivity index (χ4n) is 1.06. The van der Waals surface area contributed by atoms with Crippen LogP contribution in [0.5, 0.6) is 0 Å². The van der Waals surface area contributed by atoms with E-state index in [2.05, 4.69) is 5.10 Å². The Morgan fingerprint density at radius 1 is 1.56 bits per heavy atom. The average Bonchev–Trinajstić information content (AvgIpc) is 2.28. The maximum absolute atomic E-state index is 10.4. The van der Waals surface area contributed by atoms with E-state index in [-0.39, 0.29) is 5.02 Å². The molecule has 6 nitrogen and oxygen atoms in total. The number of nitrogens with two attached hydrogens (primary N) is 1. The van der Waals surface area contributed by atoms with E-state index in [9.17, 15) is 9.90 Å². The van der Waals surface area contributed by atoms with Crippen molar-refractivity contribution in [1.82, 2.24) is 5.01 Å². The van der Waals surface area contributed by atoms with Crippen LogP contribution in [-0.2, 0) is 4.79 Å². The molecule has 0 aromatic heterocycles. The van der Waals surface area contributed by atoms with Crippen molar-refractivity contribution in [2.45, 2.75) is 0 Å². The summed E-state index contributed by atoms with van der Waals surface area (Å²) < 4.78 is 0. The van der Waals surface area contributed by atoms with Crippen molar-refractivity contribution in [3.63, 3.8) is 0 Å². The van der Waals surface area contributed by atoms with Gasteiger partial charge in [-0.25, -0.2) is 5.01 Å². The van der Waals surface area contributed by atoms with E-state index in [1.54, 1.807) is 18.2 Å². The van der Waals surface area contributed by atoms with Gasteiger partial charge in [-0.2, -0.15) is 5.10 Å². The van der Waals surface area contributed by atoms with Crippen LogP contribution in [0.15, 0.2) is 23.3 Å². The van der Waals surface area contributed by atoms with Gasteiger partial charge in [0.25, 0.3) is 0 Å². The smallest absolute Gasteiger partial charge is 0.209 e. The van der Waals surface area contributed by atoms with Gasteiger partial charge in [0.1, 0.15) is 0 Å². The van der Waals surface area contributed by atoms with Crippen LogP contribution < -0.4 is 10.8 Å². The molecule has 0 saturated heterocycles. The first kappa shape index (κ1) is 14.3. The summed E-state index contributed by atoms with van der Waals surface area (Å²) in [7, 11) is 0. The Kier molecular flexibility index (Phi) is 4.94.